The highest BCUT2D eigenvalue weighted by Crippen LogP contribution is 2.21. The van der Waals surface area contributed by atoms with E-state index in [9.17, 15) is 18.0 Å². The van der Waals surface area contributed by atoms with E-state index in [1.807, 2.05) is 30.5 Å². The first-order valence-electron chi connectivity index (χ1n) is 6.72. The molecule has 114 valence electrons. The summed E-state index contributed by atoms with van der Waals surface area (Å²) >= 11 is 0. The summed E-state index contributed by atoms with van der Waals surface area (Å²) in [5, 5.41) is 1.04. The molecule has 0 saturated heterocycles. The lowest BCUT2D eigenvalue weighted by atomic mass is 10.1. The zero-order chi connectivity index (χ0) is 15.5. The van der Waals surface area contributed by atoms with Gasteiger partial charge in [0.05, 0.1) is 6.42 Å². The molecule has 0 aliphatic carbocycles. The molecular formula is C15H17F3N2O. The largest absolute Gasteiger partial charge is 0.390 e. The monoisotopic (exact) mass is 298 g/mol. The maximum absolute atomic E-state index is 12.1. The fourth-order valence-corrected chi connectivity index (χ4v) is 2.19. The fourth-order valence-electron chi connectivity index (χ4n) is 2.19. The second kappa shape index (κ2) is 6.20. The van der Waals surface area contributed by atoms with Crippen LogP contribution in [0, 0.1) is 0 Å². The Balaban J connectivity index is 1.89. The number of para-hydroxylation sites is 1. The van der Waals surface area contributed by atoms with Gasteiger partial charge < -0.3 is 9.88 Å². The Kier molecular flexibility index (Phi) is 4.55. The molecule has 3 nitrogen and oxygen atoms in total. The van der Waals surface area contributed by atoms with Gasteiger partial charge in [-0.15, -0.1) is 0 Å². The maximum atomic E-state index is 12.1. The molecule has 0 saturated carbocycles. The summed E-state index contributed by atoms with van der Waals surface area (Å²) in [5.74, 6) is -0.274. The van der Waals surface area contributed by atoms with Crippen LogP contribution in [0.25, 0.3) is 10.9 Å². The van der Waals surface area contributed by atoms with Crippen molar-refractivity contribution >= 4 is 16.8 Å². The van der Waals surface area contributed by atoms with Crippen LogP contribution >= 0.6 is 0 Å². The smallest absolute Gasteiger partial charge is 0.361 e. The number of fused-ring (bicyclic) bond motifs is 1. The number of nitrogens with one attached hydrogen (secondary N) is 1. The van der Waals surface area contributed by atoms with Gasteiger partial charge in [-0.1, -0.05) is 18.2 Å². The zero-order valence-electron chi connectivity index (χ0n) is 11.7. The van der Waals surface area contributed by atoms with Crippen LogP contribution in [0.5, 0.6) is 0 Å². The van der Waals surface area contributed by atoms with Gasteiger partial charge in [0.15, 0.2) is 0 Å². The van der Waals surface area contributed by atoms with Gasteiger partial charge in [-0.25, -0.2) is 0 Å². The van der Waals surface area contributed by atoms with Crippen molar-refractivity contribution in [1.29, 1.82) is 0 Å². The third-order valence-electron chi connectivity index (χ3n) is 3.44. The minimum Gasteiger partial charge on any atom is -0.361 e. The van der Waals surface area contributed by atoms with Crippen LogP contribution in [-0.2, 0) is 11.2 Å². The summed E-state index contributed by atoms with van der Waals surface area (Å²) in [5.41, 5.74) is 1.99. The molecule has 1 amide bonds. The minimum atomic E-state index is -4.23. The third kappa shape index (κ3) is 4.24. The Morgan fingerprint density at radius 1 is 1.29 bits per heavy atom. The van der Waals surface area contributed by atoms with Gasteiger partial charge in [0.2, 0.25) is 5.91 Å². The Morgan fingerprint density at radius 2 is 2.00 bits per heavy atom. The van der Waals surface area contributed by atoms with E-state index in [4.69, 9.17) is 0 Å². The predicted octanol–water partition coefficient (Wildman–Crippen LogP) is 3.51. The summed E-state index contributed by atoms with van der Waals surface area (Å²) in [4.78, 5) is 16.1. The van der Waals surface area contributed by atoms with E-state index in [-0.39, 0.29) is 18.9 Å². The molecule has 2 rings (SSSR count). The normalized spacial score (nSPS) is 11.8. The highest BCUT2D eigenvalue weighted by molar-refractivity contribution is 5.84. The number of nitrogens with zero attached hydrogens (tertiary/aromatic N) is 1. The van der Waals surface area contributed by atoms with Crippen molar-refractivity contribution in [2.75, 3.05) is 13.6 Å². The topological polar surface area (TPSA) is 36.1 Å². The van der Waals surface area contributed by atoms with Crippen molar-refractivity contribution in [1.82, 2.24) is 9.88 Å². The number of carbonyl (C=O) groups is 1. The number of carbonyl (C=O) groups excluding carboxylic acids is 1. The van der Waals surface area contributed by atoms with Crippen molar-refractivity contribution in [3.05, 3.63) is 36.0 Å². The van der Waals surface area contributed by atoms with Gasteiger partial charge in [0.25, 0.3) is 0 Å². The number of amides is 1. The first-order valence-corrected chi connectivity index (χ1v) is 6.72. The van der Waals surface area contributed by atoms with E-state index < -0.39 is 12.6 Å². The summed E-state index contributed by atoms with van der Waals surface area (Å²) in [6.07, 6.45) is -2.64. The summed E-state index contributed by atoms with van der Waals surface area (Å²) in [6.45, 7) is -0.295. The van der Waals surface area contributed by atoms with Gasteiger partial charge in [0, 0.05) is 37.1 Å². The van der Waals surface area contributed by atoms with Crippen molar-refractivity contribution in [3.8, 4) is 0 Å². The third-order valence-corrected chi connectivity index (χ3v) is 3.44. The average Bonchev–Trinajstić information content (AvgIpc) is 2.84. The second-order valence-corrected chi connectivity index (χ2v) is 5.04. The lowest BCUT2D eigenvalue weighted by molar-refractivity contribution is -0.144. The van der Waals surface area contributed by atoms with E-state index in [2.05, 4.69) is 4.98 Å². The van der Waals surface area contributed by atoms with Gasteiger partial charge in [-0.3, -0.25) is 4.79 Å². The molecule has 1 heterocycles. The molecule has 2 aromatic rings. The number of aryl methyl sites for hydroxylation is 1. The van der Waals surface area contributed by atoms with Crippen molar-refractivity contribution < 1.29 is 18.0 Å². The molecule has 0 spiro atoms. The number of aromatic amines is 1. The lowest BCUT2D eigenvalue weighted by Gasteiger charge is -2.18. The molecule has 0 bridgehead atoms. The minimum absolute atomic E-state index is 0.205. The summed E-state index contributed by atoms with van der Waals surface area (Å²) in [6, 6.07) is 7.73. The van der Waals surface area contributed by atoms with Crippen molar-refractivity contribution in [3.63, 3.8) is 0 Å². The maximum Gasteiger partial charge on any atom is 0.390 e. The van der Waals surface area contributed by atoms with Crippen LogP contribution < -0.4 is 0 Å². The van der Waals surface area contributed by atoms with E-state index in [0.717, 1.165) is 21.4 Å². The fraction of sp³-hybridized carbons (Fsp3) is 0.400. The van der Waals surface area contributed by atoms with Gasteiger partial charge in [0.1, 0.15) is 0 Å². The average molecular weight is 298 g/mol. The molecule has 21 heavy (non-hydrogen) atoms. The molecule has 0 unspecified atom stereocenters. The highest BCUT2D eigenvalue weighted by atomic mass is 19.4. The summed E-state index contributed by atoms with van der Waals surface area (Å²) < 4.78 is 36.4. The SMILES string of the molecule is CN(CCC(F)(F)F)C(=O)CCc1c[nH]c2ccccc12. The van der Waals surface area contributed by atoms with E-state index >= 15 is 0 Å². The van der Waals surface area contributed by atoms with Gasteiger partial charge in [-0.05, 0) is 18.1 Å². The van der Waals surface area contributed by atoms with E-state index in [0.29, 0.717) is 6.42 Å². The number of halogens is 3. The standard InChI is InChI=1S/C15H17F3N2O/c1-20(9-8-15(16,17)18)14(21)7-6-11-10-19-13-5-3-2-4-12(11)13/h2-5,10,19H,6-9H2,1H3. The molecule has 1 N–H and O–H groups in total. The molecule has 0 aliphatic heterocycles. The number of aromatic nitrogens is 1. The Labute approximate surface area is 120 Å². The number of H-pyrrole nitrogens is 1. The van der Waals surface area contributed by atoms with Crippen LogP contribution in [0.1, 0.15) is 18.4 Å². The Morgan fingerprint density at radius 3 is 2.71 bits per heavy atom. The zero-order valence-corrected chi connectivity index (χ0v) is 11.7. The molecule has 0 aliphatic rings. The summed E-state index contributed by atoms with van der Waals surface area (Å²) in [7, 11) is 1.41. The molecule has 1 aromatic heterocycles. The van der Waals surface area contributed by atoms with E-state index in [1.54, 1.807) is 0 Å². The van der Waals surface area contributed by atoms with Crippen LogP contribution in [0.4, 0.5) is 13.2 Å². The van der Waals surface area contributed by atoms with Crippen molar-refractivity contribution in [2.24, 2.45) is 0 Å². The van der Waals surface area contributed by atoms with Crippen LogP contribution in [0.15, 0.2) is 30.5 Å². The number of alkyl halides is 3. The molecule has 6 heteroatoms. The second-order valence-electron chi connectivity index (χ2n) is 5.04. The molecule has 0 fully saturated rings. The Hall–Kier alpha value is -1.98. The van der Waals surface area contributed by atoms with E-state index in [1.165, 1.54) is 7.05 Å². The first kappa shape index (κ1) is 15.4. The number of hydrogen-bond acceptors (Lipinski definition) is 1. The number of benzene rings is 1. The van der Waals surface area contributed by atoms with Gasteiger partial charge in [-0.2, -0.15) is 13.2 Å². The molecule has 1 aromatic carbocycles. The van der Waals surface area contributed by atoms with Gasteiger partial charge >= 0.3 is 6.18 Å². The van der Waals surface area contributed by atoms with Crippen molar-refractivity contribution in [2.45, 2.75) is 25.4 Å². The Bertz CT molecular complexity index is 619. The first-order chi connectivity index (χ1) is 9.87. The number of hydrogen-bond donors (Lipinski definition) is 1. The molecular weight excluding hydrogens is 281 g/mol. The van der Waals surface area contributed by atoms with Crippen LogP contribution in [0.3, 0.4) is 0 Å². The lowest BCUT2D eigenvalue weighted by Crippen LogP contribution is -2.30. The highest BCUT2D eigenvalue weighted by Gasteiger charge is 2.27. The quantitative estimate of drug-likeness (QED) is 0.901. The molecule has 0 radical (unpaired) electrons. The molecule has 0 atom stereocenters. The van der Waals surface area contributed by atoms with Crippen LogP contribution in [0.2, 0.25) is 0 Å². The predicted molar refractivity (Wildman–Crippen MR) is 74.9 cm³/mol. The number of rotatable bonds is 5. The van der Waals surface area contributed by atoms with Crippen LogP contribution in [-0.4, -0.2) is 35.6 Å².